The van der Waals surface area contributed by atoms with Gasteiger partial charge < -0.3 is 11.5 Å². The zero-order chi connectivity index (χ0) is 16.9. The Morgan fingerprint density at radius 1 is 0.792 bits per heavy atom. The number of nitrogens with zero attached hydrogens (tertiary/aromatic N) is 2. The van der Waals surface area contributed by atoms with Crippen LogP contribution < -0.4 is 21.9 Å². The number of para-hydroxylation sites is 2. The third kappa shape index (κ3) is 3.12. The van der Waals surface area contributed by atoms with Crippen LogP contribution in [0.1, 0.15) is 0 Å². The molecule has 0 aromatic heterocycles. The summed E-state index contributed by atoms with van der Waals surface area (Å²) >= 11 is 0. The molecule has 0 heterocycles. The molecule has 0 fully saturated rings. The normalized spacial score (nSPS) is 10.2. The Kier molecular flexibility index (Phi) is 4.29. The Bertz CT molecular complexity index is 774. The maximum absolute atomic E-state index is 10.7. The number of rotatable bonds is 5. The van der Waals surface area contributed by atoms with E-state index in [9.17, 15) is 4.91 Å². The molecule has 5 N–H and O–H groups in total. The largest absolute Gasteiger partial charge is 0.397 e. The molecule has 0 saturated heterocycles. The van der Waals surface area contributed by atoms with Crippen LogP contribution in [0.2, 0.25) is 0 Å². The zero-order valence-electron chi connectivity index (χ0n) is 12.9. The van der Waals surface area contributed by atoms with Gasteiger partial charge in [-0.1, -0.05) is 36.4 Å². The highest BCUT2D eigenvalue weighted by atomic mass is 16.3. The minimum absolute atomic E-state index is 0.196. The van der Waals surface area contributed by atoms with E-state index in [1.165, 1.54) is 12.1 Å². The van der Waals surface area contributed by atoms with Crippen LogP contribution in [0.5, 0.6) is 0 Å². The number of nitrogens with one attached hydrogen (secondary N) is 1. The first kappa shape index (κ1) is 15.4. The Hall–Kier alpha value is -3.54. The lowest BCUT2D eigenvalue weighted by molar-refractivity contribution is 1.16. The van der Waals surface area contributed by atoms with Crippen molar-refractivity contribution in [1.82, 2.24) is 0 Å². The fraction of sp³-hybridized carbons (Fsp3) is 0. The molecule has 0 radical (unpaired) electrons. The number of hydrogen-bond donors (Lipinski definition) is 3. The van der Waals surface area contributed by atoms with Crippen molar-refractivity contribution in [3.05, 3.63) is 77.7 Å². The molecule has 0 atom stereocenters. The van der Waals surface area contributed by atoms with Crippen LogP contribution >= 0.6 is 0 Å². The van der Waals surface area contributed by atoms with E-state index in [1.54, 1.807) is 0 Å². The number of anilines is 5. The monoisotopic (exact) mass is 319 g/mol. The molecule has 0 unspecified atom stereocenters. The molecule has 6 heteroatoms. The molecule has 6 nitrogen and oxygen atoms in total. The van der Waals surface area contributed by atoms with Gasteiger partial charge in [0, 0.05) is 0 Å². The van der Waals surface area contributed by atoms with Crippen LogP contribution in [0, 0.1) is 4.91 Å². The van der Waals surface area contributed by atoms with Gasteiger partial charge in [-0.3, -0.25) is 10.4 Å². The van der Waals surface area contributed by atoms with Crippen LogP contribution in [0.3, 0.4) is 0 Å². The standard InChI is InChI=1S/C18H17N5O/c19-16-11-13(22-24)12-17(20)18(16)21-23(14-7-3-1-4-8-14)15-9-5-2-6-10-15/h1-12,21H,19-20H2. The van der Waals surface area contributed by atoms with Crippen molar-refractivity contribution in [2.75, 3.05) is 21.9 Å². The molecular formula is C18H17N5O. The predicted molar refractivity (Wildman–Crippen MR) is 99.4 cm³/mol. The van der Waals surface area contributed by atoms with E-state index in [0.717, 1.165) is 11.4 Å². The van der Waals surface area contributed by atoms with Gasteiger partial charge in [0.25, 0.3) is 0 Å². The Morgan fingerprint density at radius 3 is 1.67 bits per heavy atom. The second-order valence-corrected chi connectivity index (χ2v) is 5.21. The van der Waals surface area contributed by atoms with E-state index in [0.29, 0.717) is 17.1 Å². The molecule has 120 valence electrons. The van der Waals surface area contributed by atoms with E-state index in [2.05, 4.69) is 10.6 Å². The number of nitrogens with two attached hydrogens (primary N) is 2. The predicted octanol–water partition coefficient (Wildman–Crippen LogP) is 4.41. The lowest BCUT2D eigenvalue weighted by Gasteiger charge is -2.28. The van der Waals surface area contributed by atoms with Gasteiger partial charge in [0.1, 0.15) is 11.4 Å². The molecule has 0 saturated carbocycles. The van der Waals surface area contributed by atoms with Gasteiger partial charge in [-0.25, -0.2) is 0 Å². The first-order chi connectivity index (χ1) is 11.7. The lowest BCUT2D eigenvalue weighted by atomic mass is 10.2. The maximum Gasteiger partial charge on any atom is 0.112 e. The van der Waals surface area contributed by atoms with Gasteiger partial charge in [-0.05, 0) is 41.6 Å². The smallest absolute Gasteiger partial charge is 0.112 e. The Morgan fingerprint density at radius 2 is 1.25 bits per heavy atom. The molecule has 0 spiro atoms. The van der Waals surface area contributed by atoms with Crippen LogP contribution in [-0.2, 0) is 0 Å². The van der Waals surface area contributed by atoms with E-state index in [4.69, 9.17) is 11.5 Å². The molecule has 3 aromatic rings. The van der Waals surface area contributed by atoms with Crippen LogP contribution in [0.4, 0.5) is 34.1 Å². The molecule has 0 aliphatic rings. The average molecular weight is 319 g/mol. The number of nitroso groups, excluding NO2 is 1. The molecule has 0 aliphatic heterocycles. The quantitative estimate of drug-likeness (QED) is 0.367. The number of hydrogen-bond acceptors (Lipinski definition) is 6. The highest BCUT2D eigenvalue weighted by Crippen LogP contribution is 2.34. The molecule has 0 amide bonds. The summed E-state index contributed by atoms with van der Waals surface area (Å²) in [6.45, 7) is 0. The Labute approximate surface area is 139 Å². The fourth-order valence-electron chi connectivity index (χ4n) is 2.40. The van der Waals surface area contributed by atoms with Crippen molar-refractivity contribution in [2.24, 2.45) is 5.18 Å². The first-order valence-corrected chi connectivity index (χ1v) is 7.38. The minimum atomic E-state index is 0.196. The molecule has 3 aromatic carbocycles. The van der Waals surface area contributed by atoms with E-state index in [-0.39, 0.29) is 5.69 Å². The van der Waals surface area contributed by atoms with Gasteiger partial charge in [0.05, 0.1) is 22.7 Å². The van der Waals surface area contributed by atoms with Crippen LogP contribution in [0.15, 0.2) is 78.0 Å². The van der Waals surface area contributed by atoms with Crippen molar-refractivity contribution in [2.45, 2.75) is 0 Å². The van der Waals surface area contributed by atoms with Gasteiger partial charge in [-0.15, -0.1) is 4.91 Å². The number of hydrazine groups is 1. The van der Waals surface area contributed by atoms with E-state index < -0.39 is 0 Å². The van der Waals surface area contributed by atoms with Crippen molar-refractivity contribution >= 4 is 34.1 Å². The summed E-state index contributed by atoms with van der Waals surface area (Å²) < 4.78 is 0. The summed E-state index contributed by atoms with van der Waals surface area (Å²) in [5, 5.41) is 4.75. The van der Waals surface area contributed by atoms with Gasteiger partial charge in [0.2, 0.25) is 0 Å². The summed E-state index contributed by atoms with van der Waals surface area (Å²) in [5.41, 5.74) is 18.6. The fourth-order valence-corrected chi connectivity index (χ4v) is 2.40. The second-order valence-electron chi connectivity index (χ2n) is 5.21. The van der Waals surface area contributed by atoms with Gasteiger partial charge in [-0.2, -0.15) is 0 Å². The average Bonchev–Trinajstić information content (AvgIpc) is 2.62. The molecule has 0 bridgehead atoms. The minimum Gasteiger partial charge on any atom is -0.397 e. The number of nitrogen functional groups attached to an aromatic ring is 2. The SMILES string of the molecule is Nc1cc(N=O)cc(N)c1NN(c1ccccc1)c1ccccc1. The van der Waals surface area contributed by atoms with Crippen molar-refractivity contribution in [3.8, 4) is 0 Å². The molecular weight excluding hydrogens is 302 g/mol. The summed E-state index contributed by atoms with van der Waals surface area (Å²) in [6, 6.07) is 22.5. The first-order valence-electron chi connectivity index (χ1n) is 7.38. The molecule has 24 heavy (non-hydrogen) atoms. The summed E-state index contributed by atoms with van der Waals surface area (Å²) in [4.78, 5) is 10.7. The van der Waals surface area contributed by atoms with Crippen LogP contribution in [-0.4, -0.2) is 0 Å². The maximum atomic E-state index is 10.7. The molecule has 0 aliphatic carbocycles. The van der Waals surface area contributed by atoms with Crippen LogP contribution in [0.25, 0.3) is 0 Å². The zero-order valence-corrected chi connectivity index (χ0v) is 12.9. The summed E-state index contributed by atoms with van der Waals surface area (Å²) in [7, 11) is 0. The van der Waals surface area contributed by atoms with Gasteiger partial charge >= 0.3 is 0 Å². The van der Waals surface area contributed by atoms with E-state index >= 15 is 0 Å². The van der Waals surface area contributed by atoms with E-state index in [1.807, 2.05) is 65.7 Å². The number of benzene rings is 3. The van der Waals surface area contributed by atoms with Crippen molar-refractivity contribution in [3.63, 3.8) is 0 Å². The third-order valence-corrected chi connectivity index (χ3v) is 3.54. The summed E-state index contributed by atoms with van der Waals surface area (Å²) in [5.74, 6) is 0. The Balaban J connectivity index is 2.04. The lowest BCUT2D eigenvalue weighted by Crippen LogP contribution is -2.25. The highest BCUT2D eigenvalue weighted by molar-refractivity contribution is 5.86. The summed E-state index contributed by atoms with van der Waals surface area (Å²) in [6.07, 6.45) is 0. The molecule has 3 rings (SSSR count). The third-order valence-electron chi connectivity index (χ3n) is 3.54. The highest BCUT2D eigenvalue weighted by Gasteiger charge is 2.14. The second kappa shape index (κ2) is 6.70. The van der Waals surface area contributed by atoms with Crippen molar-refractivity contribution < 1.29 is 0 Å². The van der Waals surface area contributed by atoms with Gasteiger partial charge in [0.15, 0.2) is 0 Å². The van der Waals surface area contributed by atoms with Crippen molar-refractivity contribution in [1.29, 1.82) is 0 Å². The topological polar surface area (TPSA) is 96.7 Å².